The number of carbonyl (C=O) groups excluding carboxylic acids is 1. The Morgan fingerprint density at radius 2 is 2.21 bits per heavy atom. The van der Waals surface area contributed by atoms with Gasteiger partial charge in [0, 0.05) is 25.5 Å². The molecule has 156 valence electrons. The van der Waals surface area contributed by atoms with Gasteiger partial charge in [0.2, 0.25) is 0 Å². The lowest BCUT2D eigenvalue weighted by atomic mass is 10.1. The van der Waals surface area contributed by atoms with Gasteiger partial charge in [-0.05, 0) is 45.6 Å². The van der Waals surface area contributed by atoms with Crippen LogP contribution in [0.25, 0.3) is 5.70 Å². The Balaban J connectivity index is 2.09. The fourth-order valence-electron chi connectivity index (χ4n) is 2.66. The quantitative estimate of drug-likeness (QED) is 0.383. The molecule has 0 saturated carbocycles. The molecule has 0 saturated heterocycles. The monoisotopic (exact) mass is 417 g/mol. The third-order valence-electron chi connectivity index (χ3n) is 4.12. The van der Waals surface area contributed by atoms with Gasteiger partial charge in [0.05, 0.1) is 23.0 Å². The molecule has 0 aromatic heterocycles. The molecule has 0 aliphatic carbocycles. The Morgan fingerprint density at radius 1 is 1.45 bits per heavy atom. The molecule has 1 amide bonds. The average Bonchev–Trinajstić information content (AvgIpc) is 3.11. The lowest BCUT2D eigenvalue weighted by molar-refractivity contribution is -0.112. The van der Waals surface area contributed by atoms with Crippen LogP contribution in [-0.4, -0.2) is 49.8 Å². The van der Waals surface area contributed by atoms with Crippen LogP contribution in [0.5, 0.6) is 0 Å². The second kappa shape index (κ2) is 10.8. The van der Waals surface area contributed by atoms with Crippen LogP contribution in [0.3, 0.4) is 0 Å². The Hall–Kier alpha value is -2.64. The normalized spacial score (nSPS) is 14.7. The highest BCUT2D eigenvalue weighted by molar-refractivity contribution is 6.34. The summed E-state index contributed by atoms with van der Waals surface area (Å²) in [5, 5.41) is 3.21. The zero-order valence-electron chi connectivity index (χ0n) is 17.3. The number of nitrogens with two attached hydrogens (primary N) is 1. The summed E-state index contributed by atoms with van der Waals surface area (Å²) in [6, 6.07) is 5.35. The van der Waals surface area contributed by atoms with Crippen LogP contribution in [0.2, 0.25) is 5.02 Å². The number of ether oxygens (including phenoxy) is 1. The van der Waals surface area contributed by atoms with E-state index < -0.39 is 0 Å². The topological polar surface area (TPSA) is 92.3 Å². The Bertz CT molecular complexity index is 872. The first-order chi connectivity index (χ1) is 13.8. The van der Waals surface area contributed by atoms with Gasteiger partial charge in [-0.25, -0.2) is 9.98 Å². The van der Waals surface area contributed by atoms with Crippen LogP contribution in [0.4, 0.5) is 5.69 Å². The molecule has 8 heteroatoms. The number of amides is 1. The largest absolute Gasteiger partial charge is 0.481 e. The van der Waals surface area contributed by atoms with Crippen molar-refractivity contribution >= 4 is 40.6 Å². The highest BCUT2D eigenvalue weighted by Gasteiger charge is 2.16. The van der Waals surface area contributed by atoms with E-state index in [9.17, 15) is 4.79 Å². The lowest BCUT2D eigenvalue weighted by Crippen LogP contribution is -2.15. The van der Waals surface area contributed by atoms with Crippen molar-refractivity contribution in [3.05, 3.63) is 46.6 Å². The van der Waals surface area contributed by atoms with Crippen LogP contribution < -0.4 is 11.1 Å². The summed E-state index contributed by atoms with van der Waals surface area (Å²) >= 11 is 6.26. The van der Waals surface area contributed by atoms with Crippen molar-refractivity contribution in [2.24, 2.45) is 15.7 Å². The molecule has 1 aliphatic rings. The number of hydrogen-bond donors (Lipinski definition) is 2. The van der Waals surface area contributed by atoms with E-state index in [0.717, 1.165) is 24.2 Å². The highest BCUT2D eigenvalue weighted by Crippen LogP contribution is 2.28. The van der Waals surface area contributed by atoms with Gasteiger partial charge in [-0.2, -0.15) is 0 Å². The first-order valence-electron chi connectivity index (χ1n) is 9.43. The molecule has 1 aromatic carbocycles. The lowest BCUT2D eigenvalue weighted by Gasteiger charge is -2.12. The van der Waals surface area contributed by atoms with E-state index in [1.54, 1.807) is 18.2 Å². The van der Waals surface area contributed by atoms with Crippen molar-refractivity contribution in [1.29, 1.82) is 0 Å². The van der Waals surface area contributed by atoms with Crippen LogP contribution >= 0.6 is 11.6 Å². The molecular weight excluding hydrogens is 390 g/mol. The number of benzene rings is 1. The van der Waals surface area contributed by atoms with Crippen molar-refractivity contribution in [3.63, 3.8) is 0 Å². The Morgan fingerprint density at radius 3 is 2.83 bits per heavy atom. The number of nitrogens with one attached hydrogen (secondary N) is 1. The third kappa shape index (κ3) is 7.03. The minimum atomic E-state index is -0.351. The number of aliphatic imine (C=N–C) groups is 2. The standard InChI is InChI=1S/C21H28ClN5O2/c1-5-17(24-14(2)29-12-6-11-27(3)4)15-7-8-16(22)19(13-15)26-21(28)18-9-10-20(23)25-18/h5,7-9,13H,6,10-12H2,1-4H3,(H2,23,25)(H,26,28)/b17-5-,24-14+. The van der Waals surface area contributed by atoms with Gasteiger partial charge in [0.25, 0.3) is 5.91 Å². The maximum atomic E-state index is 12.4. The Labute approximate surface area is 177 Å². The predicted molar refractivity (Wildman–Crippen MR) is 120 cm³/mol. The smallest absolute Gasteiger partial charge is 0.274 e. The molecule has 0 fully saturated rings. The van der Waals surface area contributed by atoms with Crippen molar-refractivity contribution < 1.29 is 9.53 Å². The number of carbonyl (C=O) groups is 1. The summed E-state index contributed by atoms with van der Waals surface area (Å²) < 4.78 is 5.69. The SMILES string of the molecule is C/C=C(\N=C(/C)OCCCN(C)C)c1ccc(Cl)c(NC(=O)C2=CCC(N)=N2)c1. The number of hydrogen-bond acceptors (Lipinski definition) is 6. The van der Waals surface area contributed by atoms with Crippen LogP contribution in [-0.2, 0) is 9.53 Å². The molecular formula is C21H28ClN5O2. The molecule has 7 nitrogen and oxygen atoms in total. The number of anilines is 1. The van der Waals surface area contributed by atoms with E-state index >= 15 is 0 Å². The highest BCUT2D eigenvalue weighted by atomic mass is 35.5. The van der Waals surface area contributed by atoms with E-state index in [4.69, 9.17) is 22.1 Å². The molecule has 0 atom stereocenters. The second-order valence-corrected chi connectivity index (χ2v) is 7.26. The zero-order valence-corrected chi connectivity index (χ0v) is 18.1. The molecule has 29 heavy (non-hydrogen) atoms. The number of allylic oxidation sites excluding steroid dienone is 1. The molecule has 0 bridgehead atoms. The fourth-order valence-corrected chi connectivity index (χ4v) is 2.82. The van der Waals surface area contributed by atoms with Crippen LogP contribution in [0.15, 0.2) is 46.0 Å². The number of halogens is 1. The van der Waals surface area contributed by atoms with Gasteiger partial charge < -0.3 is 20.7 Å². The van der Waals surface area contributed by atoms with E-state index in [1.165, 1.54) is 0 Å². The predicted octanol–water partition coefficient (Wildman–Crippen LogP) is 3.67. The van der Waals surface area contributed by atoms with Gasteiger partial charge in [-0.3, -0.25) is 4.79 Å². The average molecular weight is 418 g/mol. The molecule has 2 rings (SSSR count). The Kier molecular flexibility index (Phi) is 8.42. The van der Waals surface area contributed by atoms with Crippen molar-refractivity contribution in [2.45, 2.75) is 26.7 Å². The van der Waals surface area contributed by atoms with Gasteiger partial charge in [-0.1, -0.05) is 23.7 Å². The fraction of sp³-hybridized carbons (Fsp3) is 0.381. The molecule has 1 heterocycles. The summed E-state index contributed by atoms with van der Waals surface area (Å²) in [6.45, 7) is 5.28. The van der Waals surface area contributed by atoms with Crippen molar-refractivity contribution in [2.75, 3.05) is 32.6 Å². The number of nitrogens with zero attached hydrogens (tertiary/aromatic N) is 3. The van der Waals surface area contributed by atoms with E-state index in [2.05, 4.69) is 20.2 Å². The van der Waals surface area contributed by atoms with Gasteiger partial charge in [0.15, 0.2) is 5.90 Å². The summed E-state index contributed by atoms with van der Waals surface area (Å²) in [4.78, 5) is 23.1. The summed E-state index contributed by atoms with van der Waals surface area (Å²) in [5.41, 5.74) is 7.94. The van der Waals surface area contributed by atoms with Crippen molar-refractivity contribution in [3.8, 4) is 0 Å². The molecule has 0 radical (unpaired) electrons. The molecule has 0 spiro atoms. The second-order valence-electron chi connectivity index (χ2n) is 6.86. The number of rotatable bonds is 8. The van der Waals surface area contributed by atoms with E-state index in [0.29, 0.717) is 35.5 Å². The number of amidine groups is 1. The minimum Gasteiger partial charge on any atom is -0.481 e. The summed E-state index contributed by atoms with van der Waals surface area (Å²) in [5.74, 6) is 0.648. The minimum absolute atomic E-state index is 0.287. The van der Waals surface area contributed by atoms with Crippen LogP contribution in [0, 0.1) is 0 Å². The van der Waals surface area contributed by atoms with Gasteiger partial charge in [-0.15, -0.1) is 0 Å². The van der Waals surface area contributed by atoms with Gasteiger partial charge in [0.1, 0.15) is 11.5 Å². The third-order valence-corrected chi connectivity index (χ3v) is 4.45. The van der Waals surface area contributed by atoms with E-state index in [1.807, 2.05) is 40.1 Å². The summed E-state index contributed by atoms with van der Waals surface area (Å²) in [6.07, 6.45) is 4.96. The van der Waals surface area contributed by atoms with Gasteiger partial charge >= 0.3 is 0 Å². The zero-order chi connectivity index (χ0) is 21.4. The maximum Gasteiger partial charge on any atom is 0.274 e. The molecule has 0 unspecified atom stereocenters. The van der Waals surface area contributed by atoms with E-state index in [-0.39, 0.29) is 11.6 Å². The first kappa shape index (κ1) is 22.6. The molecule has 3 N–H and O–H groups in total. The molecule has 1 aromatic rings. The first-order valence-corrected chi connectivity index (χ1v) is 9.81. The molecule has 1 aliphatic heterocycles. The van der Waals surface area contributed by atoms with Crippen LogP contribution in [0.1, 0.15) is 32.3 Å². The van der Waals surface area contributed by atoms with Crippen molar-refractivity contribution in [1.82, 2.24) is 4.90 Å². The maximum absolute atomic E-state index is 12.4. The summed E-state index contributed by atoms with van der Waals surface area (Å²) in [7, 11) is 4.06.